The highest BCUT2D eigenvalue weighted by molar-refractivity contribution is 7.15. The Morgan fingerprint density at radius 1 is 1.40 bits per heavy atom. The lowest BCUT2D eigenvalue weighted by molar-refractivity contribution is -0.380. The number of halogens is 1. The average molecular weight is 296 g/mol. The number of nitro groups is 1. The second-order valence-electron chi connectivity index (χ2n) is 3.85. The Morgan fingerprint density at radius 3 is 2.75 bits per heavy atom. The molecule has 0 unspecified atom stereocenters. The molecule has 0 amide bonds. The van der Waals surface area contributed by atoms with Crippen LogP contribution in [0.4, 0.5) is 15.1 Å². The Bertz CT molecular complexity index is 671. The van der Waals surface area contributed by atoms with Crippen molar-refractivity contribution in [1.82, 2.24) is 0 Å². The first-order chi connectivity index (χ1) is 9.47. The van der Waals surface area contributed by atoms with Crippen LogP contribution < -0.4 is 5.32 Å². The molecule has 0 bridgehead atoms. The molecule has 104 valence electrons. The maximum Gasteiger partial charge on any atom is 0.335 e. The van der Waals surface area contributed by atoms with Crippen molar-refractivity contribution in [1.29, 1.82) is 0 Å². The Hall–Kier alpha value is -2.48. The molecule has 1 heterocycles. The number of aromatic carboxylic acids is 1. The molecule has 0 spiro atoms. The number of nitrogens with one attached hydrogen (secondary N) is 1. The fourth-order valence-electron chi connectivity index (χ4n) is 1.54. The number of carboxylic acid groups (broad SMARTS) is 1. The third kappa shape index (κ3) is 3.09. The van der Waals surface area contributed by atoms with Gasteiger partial charge in [-0.2, -0.15) is 0 Å². The van der Waals surface area contributed by atoms with Gasteiger partial charge in [-0.15, -0.1) is 0 Å². The van der Waals surface area contributed by atoms with E-state index in [0.29, 0.717) is 4.88 Å². The number of carbonyl (C=O) groups is 1. The molecule has 20 heavy (non-hydrogen) atoms. The lowest BCUT2D eigenvalue weighted by atomic mass is 10.2. The van der Waals surface area contributed by atoms with Gasteiger partial charge in [-0.3, -0.25) is 10.1 Å². The number of hydrogen-bond acceptors (Lipinski definition) is 5. The second-order valence-corrected chi connectivity index (χ2v) is 5.00. The van der Waals surface area contributed by atoms with Gasteiger partial charge in [0.1, 0.15) is 5.82 Å². The molecule has 2 aromatic rings. The van der Waals surface area contributed by atoms with Crippen molar-refractivity contribution < 1.29 is 19.2 Å². The van der Waals surface area contributed by atoms with E-state index < -0.39 is 16.7 Å². The van der Waals surface area contributed by atoms with Crippen molar-refractivity contribution in [2.45, 2.75) is 6.54 Å². The van der Waals surface area contributed by atoms with E-state index in [1.807, 2.05) is 0 Å². The molecule has 0 aliphatic carbocycles. The highest BCUT2D eigenvalue weighted by Gasteiger charge is 2.11. The minimum atomic E-state index is -1.15. The molecule has 0 saturated carbocycles. The number of benzene rings is 1. The molecule has 2 rings (SSSR count). The molecule has 0 aliphatic heterocycles. The standard InChI is InChI=1S/C12H9FN2O4S/c13-9-3-1-7(12(16)17)5-10(9)14-6-8-2-4-11(20-8)15(18)19/h1-5,14H,6H2,(H,16,17). The van der Waals surface area contributed by atoms with E-state index in [-0.39, 0.29) is 22.8 Å². The third-order valence-corrected chi connectivity index (χ3v) is 3.53. The lowest BCUT2D eigenvalue weighted by Crippen LogP contribution is -2.03. The summed E-state index contributed by atoms with van der Waals surface area (Å²) in [6.07, 6.45) is 0. The van der Waals surface area contributed by atoms with Crippen LogP contribution in [0.3, 0.4) is 0 Å². The van der Waals surface area contributed by atoms with E-state index in [9.17, 15) is 19.3 Å². The summed E-state index contributed by atoms with van der Waals surface area (Å²) in [6.45, 7) is 0.179. The number of anilines is 1. The minimum absolute atomic E-state index is 0.00144. The number of hydrogen-bond donors (Lipinski definition) is 2. The topological polar surface area (TPSA) is 92.5 Å². The van der Waals surface area contributed by atoms with Gasteiger partial charge in [0.05, 0.1) is 16.2 Å². The quantitative estimate of drug-likeness (QED) is 0.653. The maximum absolute atomic E-state index is 13.5. The molecule has 8 heteroatoms. The van der Waals surface area contributed by atoms with E-state index in [1.165, 1.54) is 18.2 Å². The van der Waals surface area contributed by atoms with Crippen LogP contribution in [0.25, 0.3) is 0 Å². The smallest absolute Gasteiger partial charge is 0.335 e. The summed E-state index contributed by atoms with van der Waals surface area (Å²) < 4.78 is 13.5. The van der Waals surface area contributed by atoms with Crippen LogP contribution in [0.1, 0.15) is 15.2 Å². The number of rotatable bonds is 5. The highest BCUT2D eigenvalue weighted by Crippen LogP contribution is 2.25. The highest BCUT2D eigenvalue weighted by atomic mass is 32.1. The van der Waals surface area contributed by atoms with Gasteiger partial charge in [0, 0.05) is 17.5 Å². The van der Waals surface area contributed by atoms with Gasteiger partial charge in [-0.1, -0.05) is 11.3 Å². The molecule has 0 saturated heterocycles. The van der Waals surface area contributed by atoms with E-state index in [1.54, 1.807) is 6.07 Å². The monoisotopic (exact) mass is 296 g/mol. The Kier molecular flexibility index (Phi) is 3.94. The summed E-state index contributed by atoms with van der Waals surface area (Å²) in [7, 11) is 0. The Balaban J connectivity index is 2.11. The van der Waals surface area contributed by atoms with Gasteiger partial charge in [-0.25, -0.2) is 9.18 Å². The van der Waals surface area contributed by atoms with Gasteiger partial charge in [0.15, 0.2) is 0 Å². The first kappa shape index (κ1) is 13.9. The number of carboxylic acids is 1. The molecule has 1 aromatic carbocycles. The van der Waals surface area contributed by atoms with Gasteiger partial charge >= 0.3 is 11.0 Å². The van der Waals surface area contributed by atoms with Crippen LogP contribution in [-0.4, -0.2) is 16.0 Å². The summed E-state index contributed by atoms with van der Waals surface area (Å²) in [5.74, 6) is -1.74. The minimum Gasteiger partial charge on any atom is -0.478 e. The van der Waals surface area contributed by atoms with Crippen LogP contribution in [0, 0.1) is 15.9 Å². The molecule has 6 nitrogen and oxygen atoms in total. The average Bonchev–Trinajstić information content (AvgIpc) is 2.86. The zero-order valence-electron chi connectivity index (χ0n) is 10.00. The van der Waals surface area contributed by atoms with Crippen LogP contribution in [0.2, 0.25) is 0 Å². The molecular weight excluding hydrogens is 287 g/mol. The summed E-state index contributed by atoms with van der Waals surface area (Å²) in [5, 5.41) is 22.1. The van der Waals surface area contributed by atoms with Crippen LogP contribution in [0.5, 0.6) is 0 Å². The Morgan fingerprint density at radius 2 is 2.15 bits per heavy atom. The summed E-state index contributed by atoms with van der Waals surface area (Å²) in [6, 6.07) is 6.33. The van der Waals surface area contributed by atoms with Crippen molar-refractivity contribution in [2.75, 3.05) is 5.32 Å². The summed E-state index contributed by atoms with van der Waals surface area (Å²) in [5.41, 5.74) is 0.00649. The second kappa shape index (κ2) is 5.66. The third-order valence-electron chi connectivity index (χ3n) is 2.49. The van der Waals surface area contributed by atoms with Crippen molar-refractivity contribution in [2.24, 2.45) is 0 Å². The van der Waals surface area contributed by atoms with Crippen LogP contribution in [-0.2, 0) is 6.54 Å². The zero-order valence-corrected chi connectivity index (χ0v) is 10.8. The van der Waals surface area contributed by atoms with E-state index in [2.05, 4.69) is 5.32 Å². The van der Waals surface area contributed by atoms with Crippen molar-refractivity contribution in [3.05, 3.63) is 56.7 Å². The number of nitrogens with zero attached hydrogens (tertiary/aromatic N) is 1. The van der Waals surface area contributed by atoms with Crippen molar-refractivity contribution in [3.8, 4) is 0 Å². The molecule has 2 N–H and O–H groups in total. The fraction of sp³-hybridized carbons (Fsp3) is 0.0833. The van der Waals surface area contributed by atoms with Gasteiger partial charge < -0.3 is 10.4 Å². The lowest BCUT2D eigenvalue weighted by Gasteiger charge is -2.07. The van der Waals surface area contributed by atoms with Crippen molar-refractivity contribution in [3.63, 3.8) is 0 Å². The zero-order chi connectivity index (χ0) is 14.7. The molecular formula is C12H9FN2O4S. The Labute approximate surface area is 116 Å². The fourth-order valence-corrected chi connectivity index (χ4v) is 2.30. The molecule has 0 aliphatic rings. The predicted molar refractivity (Wildman–Crippen MR) is 71.7 cm³/mol. The summed E-state index contributed by atoms with van der Waals surface area (Å²) >= 11 is 0.976. The molecule has 1 aromatic heterocycles. The molecule has 0 radical (unpaired) electrons. The normalized spacial score (nSPS) is 10.2. The van der Waals surface area contributed by atoms with E-state index in [0.717, 1.165) is 17.4 Å². The first-order valence-electron chi connectivity index (χ1n) is 5.47. The molecule has 0 atom stereocenters. The van der Waals surface area contributed by atoms with Gasteiger partial charge in [0.25, 0.3) is 0 Å². The van der Waals surface area contributed by atoms with E-state index >= 15 is 0 Å². The number of thiophene rings is 1. The molecule has 0 fully saturated rings. The first-order valence-corrected chi connectivity index (χ1v) is 6.29. The van der Waals surface area contributed by atoms with Gasteiger partial charge in [0.2, 0.25) is 0 Å². The van der Waals surface area contributed by atoms with E-state index in [4.69, 9.17) is 5.11 Å². The van der Waals surface area contributed by atoms with Crippen LogP contribution in [0.15, 0.2) is 30.3 Å². The predicted octanol–water partition coefficient (Wildman–Crippen LogP) is 3.11. The largest absolute Gasteiger partial charge is 0.478 e. The maximum atomic E-state index is 13.5. The summed E-state index contributed by atoms with van der Waals surface area (Å²) in [4.78, 5) is 21.5. The van der Waals surface area contributed by atoms with Crippen LogP contribution >= 0.6 is 11.3 Å². The van der Waals surface area contributed by atoms with Gasteiger partial charge in [-0.05, 0) is 24.3 Å². The van der Waals surface area contributed by atoms with Crippen molar-refractivity contribution >= 4 is 28.0 Å². The SMILES string of the molecule is O=C(O)c1ccc(F)c(NCc2ccc([N+](=O)[O-])s2)c1.